The number of hydrogen-bond acceptors (Lipinski definition) is 5. The Morgan fingerprint density at radius 2 is 2.05 bits per heavy atom. The fraction of sp³-hybridized carbons (Fsp3) is 0.182. The number of nitrogens with zero attached hydrogens (tertiary/aromatic N) is 3. The average molecular weight is 299 g/mol. The van der Waals surface area contributed by atoms with Crippen LogP contribution in [-0.2, 0) is 4.79 Å². The molecule has 1 saturated heterocycles. The molecule has 0 aliphatic carbocycles. The van der Waals surface area contributed by atoms with Gasteiger partial charge in [0, 0.05) is 0 Å². The van der Waals surface area contributed by atoms with Crippen LogP contribution in [0.3, 0.4) is 0 Å². The van der Waals surface area contributed by atoms with Gasteiger partial charge >= 0.3 is 0 Å². The highest BCUT2D eigenvalue weighted by molar-refractivity contribution is 8.00. The normalized spacial score (nSPS) is 19.2. The van der Waals surface area contributed by atoms with Crippen molar-refractivity contribution in [3.05, 3.63) is 40.9 Å². The van der Waals surface area contributed by atoms with E-state index in [1.165, 1.54) is 40.4 Å². The van der Waals surface area contributed by atoms with Crippen LogP contribution in [0.4, 0.5) is 13.9 Å². The third-order valence-electron chi connectivity index (χ3n) is 2.67. The van der Waals surface area contributed by atoms with Crippen LogP contribution in [0.1, 0.15) is 10.9 Å². The maximum atomic E-state index is 13.8. The molecule has 0 saturated carbocycles. The number of halogens is 2. The van der Waals surface area contributed by atoms with Crippen molar-refractivity contribution in [2.45, 2.75) is 5.37 Å². The topological polar surface area (TPSA) is 46.1 Å². The van der Waals surface area contributed by atoms with Gasteiger partial charge in [-0.15, -0.1) is 22.0 Å². The lowest BCUT2D eigenvalue weighted by molar-refractivity contribution is -0.115. The first-order valence-electron chi connectivity index (χ1n) is 5.32. The van der Waals surface area contributed by atoms with E-state index in [9.17, 15) is 13.6 Å². The Balaban J connectivity index is 2.07. The molecule has 1 aromatic heterocycles. The zero-order valence-electron chi connectivity index (χ0n) is 9.42. The summed E-state index contributed by atoms with van der Waals surface area (Å²) in [6.45, 7) is 0. The Morgan fingerprint density at radius 1 is 1.32 bits per heavy atom. The maximum Gasteiger partial charge on any atom is 0.240 e. The van der Waals surface area contributed by atoms with E-state index in [-0.39, 0.29) is 17.2 Å². The smallest absolute Gasteiger partial charge is 0.240 e. The standard InChI is InChI=1S/C11H7F2N3OS2/c12-6-2-1-3-7(13)9(6)10-16(8(17)4-18-10)11-15-14-5-19-11/h1-3,5,10H,4H2/t10-/m1/s1. The van der Waals surface area contributed by atoms with Gasteiger partial charge in [0.15, 0.2) is 0 Å². The minimum Gasteiger partial charge on any atom is -0.273 e. The molecule has 1 amide bonds. The second-order valence-electron chi connectivity index (χ2n) is 3.78. The number of benzene rings is 1. The van der Waals surface area contributed by atoms with Crippen LogP contribution in [0.2, 0.25) is 0 Å². The quantitative estimate of drug-likeness (QED) is 0.855. The molecule has 2 heterocycles. The third-order valence-corrected chi connectivity index (χ3v) is 4.53. The summed E-state index contributed by atoms with van der Waals surface area (Å²) in [5, 5.41) is 7.07. The Kier molecular flexibility index (Phi) is 3.19. The van der Waals surface area contributed by atoms with Crippen LogP contribution in [0.15, 0.2) is 23.7 Å². The molecule has 1 fully saturated rings. The van der Waals surface area contributed by atoms with E-state index in [1.54, 1.807) is 0 Å². The molecule has 19 heavy (non-hydrogen) atoms. The molecule has 4 nitrogen and oxygen atoms in total. The van der Waals surface area contributed by atoms with Crippen LogP contribution in [0.25, 0.3) is 0 Å². The van der Waals surface area contributed by atoms with E-state index in [4.69, 9.17) is 0 Å². The fourth-order valence-corrected chi connectivity index (χ4v) is 3.73. The van der Waals surface area contributed by atoms with E-state index in [0.29, 0.717) is 5.13 Å². The Morgan fingerprint density at radius 3 is 2.68 bits per heavy atom. The lowest BCUT2D eigenvalue weighted by Gasteiger charge is -2.21. The predicted octanol–water partition coefficient (Wildman–Crippen LogP) is 2.59. The predicted molar refractivity (Wildman–Crippen MR) is 69.0 cm³/mol. The minimum absolute atomic E-state index is 0.117. The number of hydrogen-bond donors (Lipinski definition) is 0. The van der Waals surface area contributed by atoms with Crippen molar-refractivity contribution in [1.82, 2.24) is 10.2 Å². The van der Waals surface area contributed by atoms with Gasteiger partial charge in [-0.2, -0.15) is 0 Å². The number of aromatic nitrogens is 2. The minimum atomic E-state index is -0.735. The fourth-order valence-electron chi connectivity index (χ4n) is 1.86. The van der Waals surface area contributed by atoms with Gasteiger partial charge < -0.3 is 0 Å². The van der Waals surface area contributed by atoms with E-state index in [2.05, 4.69) is 10.2 Å². The zero-order chi connectivity index (χ0) is 13.4. The van der Waals surface area contributed by atoms with Crippen molar-refractivity contribution in [1.29, 1.82) is 0 Å². The van der Waals surface area contributed by atoms with Crippen molar-refractivity contribution >= 4 is 34.1 Å². The van der Waals surface area contributed by atoms with Crippen molar-refractivity contribution in [2.24, 2.45) is 0 Å². The summed E-state index contributed by atoms with van der Waals surface area (Å²) in [7, 11) is 0. The van der Waals surface area contributed by atoms with E-state index >= 15 is 0 Å². The lowest BCUT2D eigenvalue weighted by atomic mass is 10.2. The van der Waals surface area contributed by atoms with E-state index < -0.39 is 17.0 Å². The molecule has 0 radical (unpaired) electrons. The van der Waals surface area contributed by atoms with Crippen LogP contribution in [0, 0.1) is 11.6 Å². The van der Waals surface area contributed by atoms with Crippen molar-refractivity contribution in [2.75, 3.05) is 10.7 Å². The zero-order valence-corrected chi connectivity index (χ0v) is 11.0. The van der Waals surface area contributed by atoms with Crippen LogP contribution < -0.4 is 4.90 Å². The van der Waals surface area contributed by atoms with Gasteiger partial charge in [-0.3, -0.25) is 9.69 Å². The van der Waals surface area contributed by atoms with Gasteiger partial charge in [0.2, 0.25) is 11.0 Å². The van der Waals surface area contributed by atoms with Crippen molar-refractivity contribution < 1.29 is 13.6 Å². The number of amides is 1. The molecular formula is C11H7F2N3OS2. The molecule has 1 aromatic carbocycles. The molecule has 1 aliphatic heterocycles. The molecule has 0 bridgehead atoms. The highest BCUT2D eigenvalue weighted by Gasteiger charge is 2.38. The molecule has 1 aliphatic rings. The molecule has 2 aromatic rings. The summed E-state index contributed by atoms with van der Waals surface area (Å²) in [5.74, 6) is -1.39. The van der Waals surface area contributed by atoms with Gasteiger partial charge in [0.25, 0.3) is 0 Å². The Bertz CT molecular complexity index is 600. The number of thioether (sulfide) groups is 1. The summed E-state index contributed by atoms with van der Waals surface area (Å²) in [6, 6.07) is 3.66. The monoisotopic (exact) mass is 299 g/mol. The van der Waals surface area contributed by atoms with Gasteiger partial charge in [-0.25, -0.2) is 8.78 Å². The molecule has 98 valence electrons. The summed E-state index contributed by atoms with van der Waals surface area (Å²) in [4.78, 5) is 13.2. The van der Waals surface area contributed by atoms with Crippen LogP contribution in [0.5, 0.6) is 0 Å². The number of rotatable bonds is 2. The van der Waals surface area contributed by atoms with Gasteiger partial charge in [-0.05, 0) is 12.1 Å². The van der Waals surface area contributed by atoms with Crippen molar-refractivity contribution in [3.63, 3.8) is 0 Å². The van der Waals surface area contributed by atoms with Gasteiger partial charge in [-0.1, -0.05) is 17.4 Å². The second-order valence-corrected chi connectivity index (χ2v) is 5.66. The maximum absolute atomic E-state index is 13.8. The summed E-state index contributed by atoms with van der Waals surface area (Å²) in [5.41, 5.74) is 1.36. The average Bonchev–Trinajstić information content (AvgIpc) is 2.99. The molecule has 0 spiro atoms. The first kappa shape index (κ1) is 12.5. The van der Waals surface area contributed by atoms with E-state index in [0.717, 1.165) is 11.3 Å². The first-order chi connectivity index (χ1) is 9.18. The lowest BCUT2D eigenvalue weighted by Crippen LogP contribution is -2.28. The highest BCUT2D eigenvalue weighted by atomic mass is 32.2. The number of carbonyl (C=O) groups is 1. The van der Waals surface area contributed by atoms with Crippen LogP contribution in [-0.4, -0.2) is 21.9 Å². The summed E-state index contributed by atoms with van der Waals surface area (Å²) >= 11 is 2.33. The third kappa shape index (κ3) is 2.10. The van der Waals surface area contributed by atoms with Gasteiger partial charge in [0.1, 0.15) is 22.5 Å². The Hall–Kier alpha value is -1.54. The number of carbonyl (C=O) groups excluding carboxylic acids is 1. The molecule has 0 unspecified atom stereocenters. The summed E-state index contributed by atoms with van der Waals surface area (Å²) < 4.78 is 27.6. The Labute approximate surface area is 115 Å². The highest BCUT2D eigenvalue weighted by Crippen LogP contribution is 2.43. The SMILES string of the molecule is O=C1CS[C@H](c2c(F)cccc2F)N1c1nncs1. The second kappa shape index (κ2) is 4.86. The largest absolute Gasteiger partial charge is 0.273 e. The number of anilines is 1. The first-order valence-corrected chi connectivity index (χ1v) is 7.25. The van der Waals surface area contributed by atoms with Gasteiger partial charge in [0.05, 0.1) is 11.3 Å². The molecular weight excluding hydrogens is 292 g/mol. The van der Waals surface area contributed by atoms with E-state index in [1.807, 2.05) is 0 Å². The summed E-state index contributed by atoms with van der Waals surface area (Å²) in [6.07, 6.45) is 0. The van der Waals surface area contributed by atoms with Crippen LogP contribution >= 0.6 is 23.1 Å². The molecule has 3 rings (SSSR count). The molecule has 0 N–H and O–H groups in total. The molecule has 1 atom stereocenters. The van der Waals surface area contributed by atoms with Crippen molar-refractivity contribution in [3.8, 4) is 0 Å². The molecule has 8 heteroatoms.